The number of ether oxygens (including phenoxy) is 2. The van der Waals surface area contributed by atoms with Gasteiger partial charge < -0.3 is 14.4 Å². The minimum atomic E-state index is -0.484. The largest absolute Gasteiger partial charge is 0.494 e. The Morgan fingerprint density at radius 1 is 1.19 bits per heavy atom. The summed E-state index contributed by atoms with van der Waals surface area (Å²) >= 11 is 12.0. The van der Waals surface area contributed by atoms with Gasteiger partial charge in [0, 0.05) is 12.1 Å². The van der Waals surface area contributed by atoms with E-state index in [0.29, 0.717) is 24.3 Å². The molecule has 5 nitrogen and oxygen atoms in total. The number of hydrogen-bond acceptors (Lipinski definition) is 4. The van der Waals surface area contributed by atoms with Crippen molar-refractivity contribution >= 4 is 35.1 Å². The summed E-state index contributed by atoms with van der Waals surface area (Å²) in [6.45, 7) is 2.21. The second-order valence-corrected chi connectivity index (χ2v) is 5.09. The first kappa shape index (κ1) is 17.6. The molecule has 21 heavy (non-hydrogen) atoms. The molecule has 1 aromatic carbocycles. The van der Waals surface area contributed by atoms with E-state index in [-0.39, 0.29) is 22.5 Å². The van der Waals surface area contributed by atoms with Crippen LogP contribution in [0.5, 0.6) is 5.75 Å². The van der Waals surface area contributed by atoms with E-state index in [1.807, 2.05) is 6.92 Å². The third-order valence-corrected chi connectivity index (χ3v) is 3.34. The van der Waals surface area contributed by atoms with E-state index < -0.39 is 5.97 Å². The second-order valence-electron chi connectivity index (χ2n) is 4.28. The van der Waals surface area contributed by atoms with Crippen LogP contribution in [0.25, 0.3) is 0 Å². The van der Waals surface area contributed by atoms with Gasteiger partial charge >= 0.3 is 5.97 Å². The molecule has 0 radical (unpaired) electrons. The molecule has 0 aliphatic heterocycles. The molecule has 0 saturated carbocycles. The molecule has 0 heterocycles. The zero-order chi connectivity index (χ0) is 16.0. The highest BCUT2D eigenvalue weighted by atomic mass is 35.5. The molecular weight excluding hydrogens is 317 g/mol. The number of methoxy groups -OCH3 is 2. The highest BCUT2D eigenvalue weighted by molar-refractivity contribution is 6.37. The summed E-state index contributed by atoms with van der Waals surface area (Å²) in [6, 6.07) is 2.93. The van der Waals surface area contributed by atoms with Crippen molar-refractivity contribution in [1.82, 2.24) is 4.90 Å². The number of amides is 1. The van der Waals surface area contributed by atoms with Crippen LogP contribution in [0.2, 0.25) is 10.0 Å². The summed E-state index contributed by atoms with van der Waals surface area (Å²) in [5.41, 5.74) is 0.295. The van der Waals surface area contributed by atoms with Crippen LogP contribution in [0.15, 0.2) is 12.1 Å². The Morgan fingerprint density at radius 3 is 2.19 bits per heavy atom. The molecule has 0 fully saturated rings. The van der Waals surface area contributed by atoms with Gasteiger partial charge in [0.25, 0.3) is 5.91 Å². The third-order valence-electron chi connectivity index (χ3n) is 2.78. The Bertz CT molecular complexity index is 511. The van der Waals surface area contributed by atoms with E-state index in [9.17, 15) is 9.59 Å². The quantitative estimate of drug-likeness (QED) is 0.751. The topological polar surface area (TPSA) is 55.8 Å². The molecule has 0 aromatic heterocycles. The molecule has 1 amide bonds. The lowest BCUT2D eigenvalue weighted by atomic mass is 10.1. The Balaban J connectivity index is 3.06. The number of rotatable bonds is 6. The molecule has 0 N–H and O–H groups in total. The van der Waals surface area contributed by atoms with Crippen molar-refractivity contribution in [2.75, 3.05) is 27.3 Å². The van der Waals surface area contributed by atoms with Crippen molar-refractivity contribution in [3.8, 4) is 5.75 Å². The fraction of sp³-hybridized carbons (Fsp3) is 0.429. The number of carbonyl (C=O) groups excluding carboxylic acids is 2. The van der Waals surface area contributed by atoms with E-state index >= 15 is 0 Å². The van der Waals surface area contributed by atoms with Crippen LogP contribution in [-0.4, -0.2) is 44.1 Å². The Hall–Kier alpha value is -1.46. The molecule has 0 aliphatic carbocycles. The highest BCUT2D eigenvalue weighted by Gasteiger charge is 2.21. The maximum absolute atomic E-state index is 12.5. The maximum Gasteiger partial charge on any atom is 0.325 e. The molecular formula is C14H17Cl2NO4. The first-order chi connectivity index (χ1) is 9.94. The Morgan fingerprint density at radius 2 is 1.76 bits per heavy atom. The highest BCUT2D eigenvalue weighted by Crippen LogP contribution is 2.34. The molecule has 7 heteroatoms. The van der Waals surface area contributed by atoms with Crippen LogP contribution in [0.3, 0.4) is 0 Å². The van der Waals surface area contributed by atoms with Gasteiger partial charge in [0.05, 0.1) is 24.3 Å². The number of halogens is 2. The predicted molar refractivity (Wildman–Crippen MR) is 81.2 cm³/mol. The van der Waals surface area contributed by atoms with E-state index in [0.717, 1.165) is 0 Å². The van der Waals surface area contributed by atoms with Gasteiger partial charge in [-0.2, -0.15) is 0 Å². The third kappa shape index (κ3) is 4.51. The molecule has 1 rings (SSSR count). The minimum absolute atomic E-state index is 0.121. The number of benzene rings is 1. The van der Waals surface area contributed by atoms with Gasteiger partial charge in [-0.25, -0.2) is 0 Å². The van der Waals surface area contributed by atoms with Crippen molar-refractivity contribution in [2.45, 2.75) is 13.3 Å². The average molecular weight is 334 g/mol. The summed E-state index contributed by atoms with van der Waals surface area (Å²) in [7, 11) is 2.72. The summed E-state index contributed by atoms with van der Waals surface area (Å²) in [5, 5.41) is 0.478. The number of carbonyl (C=O) groups is 2. The van der Waals surface area contributed by atoms with Crippen LogP contribution < -0.4 is 4.74 Å². The SMILES string of the molecule is CCCN(CC(=O)OC)C(=O)c1cc(Cl)c(OC)c(Cl)c1. The van der Waals surface area contributed by atoms with Crippen molar-refractivity contribution in [3.05, 3.63) is 27.7 Å². The van der Waals surface area contributed by atoms with Gasteiger partial charge in [-0.15, -0.1) is 0 Å². The van der Waals surface area contributed by atoms with Crippen LogP contribution in [-0.2, 0) is 9.53 Å². The van der Waals surface area contributed by atoms with E-state index in [1.165, 1.54) is 31.3 Å². The van der Waals surface area contributed by atoms with E-state index in [2.05, 4.69) is 4.74 Å². The van der Waals surface area contributed by atoms with Crippen LogP contribution in [0.1, 0.15) is 23.7 Å². The first-order valence-corrected chi connectivity index (χ1v) is 7.09. The monoisotopic (exact) mass is 333 g/mol. The van der Waals surface area contributed by atoms with Gasteiger partial charge in [0.2, 0.25) is 0 Å². The van der Waals surface area contributed by atoms with Crippen LogP contribution >= 0.6 is 23.2 Å². The van der Waals surface area contributed by atoms with E-state index in [1.54, 1.807) is 0 Å². The molecule has 0 unspecified atom stereocenters. The molecule has 1 aromatic rings. The summed E-state index contributed by atoms with van der Waals surface area (Å²) in [6.07, 6.45) is 0.709. The summed E-state index contributed by atoms with van der Waals surface area (Å²) < 4.78 is 9.63. The number of esters is 1. The molecule has 0 bridgehead atoms. The van der Waals surface area contributed by atoms with Crippen molar-refractivity contribution < 1.29 is 19.1 Å². The number of nitrogens with zero attached hydrogens (tertiary/aromatic N) is 1. The second kappa shape index (κ2) is 8.10. The lowest BCUT2D eigenvalue weighted by molar-refractivity contribution is -0.141. The van der Waals surface area contributed by atoms with Crippen molar-refractivity contribution in [1.29, 1.82) is 0 Å². The first-order valence-electron chi connectivity index (χ1n) is 6.33. The summed E-state index contributed by atoms with van der Waals surface area (Å²) in [5.74, 6) is -0.513. The standard InChI is InChI=1S/C14H17Cl2NO4/c1-4-5-17(8-12(18)20-2)14(19)9-6-10(15)13(21-3)11(16)7-9/h6-7H,4-5,8H2,1-3H3. The smallest absolute Gasteiger partial charge is 0.325 e. The Labute approximate surface area is 133 Å². The zero-order valence-corrected chi connectivity index (χ0v) is 13.6. The molecule has 0 saturated heterocycles. The van der Waals surface area contributed by atoms with Gasteiger partial charge in [-0.05, 0) is 18.6 Å². The fourth-order valence-electron chi connectivity index (χ4n) is 1.80. The molecule has 0 atom stereocenters. The zero-order valence-electron chi connectivity index (χ0n) is 12.1. The fourth-order valence-corrected chi connectivity index (χ4v) is 2.45. The van der Waals surface area contributed by atoms with Gasteiger partial charge in [-0.3, -0.25) is 9.59 Å². The lowest BCUT2D eigenvalue weighted by Crippen LogP contribution is -2.36. The van der Waals surface area contributed by atoms with Crippen molar-refractivity contribution in [3.63, 3.8) is 0 Å². The van der Waals surface area contributed by atoms with Crippen molar-refractivity contribution in [2.24, 2.45) is 0 Å². The predicted octanol–water partition coefficient (Wildman–Crippen LogP) is 3.03. The van der Waals surface area contributed by atoms with E-state index in [4.69, 9.17) is 27.9 Å². The molecule has 116 valence electrons. The average Bonchev–Trinajstić information content (AvgIpc) is 2.45. The molecule has 0 aliphatic rings. The van der Waals surface area contributed by atoms with Gasteiger partial charge in [-0.1, -0.05) is 30.1 Å². The normalized spacial score (nSPS) is 10.1. The molecule has 0 spiro atoms. The number of hydrogen-bond donors (Lipinski definition) is 0. The van der Waals surface area contributed by atoms with Crippen LogP contribution in [0, 0.1) is 0 Å². The van der Waals surface area contributed by atoms with Crippen LogP contribution in [0.4, 0.5) is 0 Å². The lowest BCUT2D eigenvalue weighted by Gasteiger charge is -2.21. The maximum atomic E-state index is 12.5. The summed E-state index contributed by atoms with van der Waals surface area (Å²) in [4.78, 5) is 25.2. The Kier molecular flexibility index (Phi) is 6.78. The van der Waals surface area contributed by atoms with Gasteiger partial charge in [0.15, 0.2) is 5.75 Å². The minimum Gasteiger partial charge on any atom is -0.494 e. The van der Waals surface area contributed by atoms with Gasteiger partial charge in [0.1, 0.15) is 6.54 Å².